The van der Waals surface area contributed by atoms with Crippen LogP contribution >= 0.6 is 0 Å². The lowest BCUT2D eigenvalue weighted by atomic mass is 9.97. The average molecular weight is 386 g/mol. The molecular weight excluding hydrogens is 360 g/mol. The van der Waals surface area contributed by atoms with Crippen molar-refractivity contribution in [2.24, 2.45) is 5.41 Å². The van der Waals surface area contributed by atoms with E-state index in [1.54, 1.807) is 12.4 Å². The van der Waals surface area contributed by atoms with E-state index in [4.69, 9.17) is 0 Å². The minimum absolute atomic E-state index is 0.0155. The third-order valence-electron chi connectivity index (χ3n) is 4.41. The Morgan fingerprint density at radius 1 is 1.10 bits per heavy atom. The molecule has 0 unspecified atom stereocenters. The SMILES string of the molecule is Cc1c(NC(=O)CCc2ccc(C#CC(C)(C)C)cc2)n[nH]c1-c1ccncc1. The van der Waals surface area contributed by atoms with Gasteiger partial charge in [-0.15, -0.1) is 0 Å². The summed E-state index contributed by atoms with van der Waals surface area (Å²) < 4.78 is 0. The molecule has 2 N–H and O–H groups in total. The van der Waals surface area contributed by atoms with E-state index in [1.807, 2.05) is 43.3 Å². The van der Waals surface area contributed by atoms with Crippen molar-refractivity contribution >= 4 is 11.7 Å². The quantitative estimate of drug-likeness (QED) is 0.622. The molecule has 0 saturated heterocycles. The summed E-state index contributed by atoms with van der Waals surface area (Å²) in [5.74, 6) is 6.92. The van der Waals surface area contributed by atoms with Gasteiger partial charge in [0.2, 0.25) is 5.91 Å². The van der Waals surface area contributed by atoms with Crippen LogP contribution in [0.2, 0.25) is 0 Å². The van der Waals surface area contributed by atoms with Crippen LogP contribution in [0.15, 0.2) is 48.8 Å². The van der Waals surface area contributed by atoms with Crippen LogP contribution in [0.3, 0.4) is 0 Å². The van der Waals surface area contributed by atoms with Crippen molar-refractivity contribution < 1.29 is 4.79 Å². The van der Waals surface area contributed by atoms with Gasteiger partial charge in [0.1, 0.15) is 0 Å². The first kappa shape index (κ1) is 20.3. The predicted octanol–water partition coefficient (Wildman–Crippen LogP) is 4.75. The summed E-state index contributed by atoms with van der Waals surface area (Å²) in [5, 5.41) is 10.1. The van der Waals surface area contributed by atoms with Crippen LogP contribution in [0.25, 0.3) is 11.3 Å². The molecule has 148 valence electrons. The van der Waals surface area contributed by atoms with Crippen LogP contribution < -0.4 is 5.32 Å². The van der Waals surface area contributed by atoms with Crippen molar-refractivity contribution in [1.82, 2.24) is 15.2 Å². The van der Waals surface area contributed by atoms with Crippen molar-refractivity contribution in [1.29, 1.82) is 0 Å². The number of pyridine rings is 1. The van der Waals surface area contributed by atoms with E-state index in [0.29, 0.717) is 18.7 Å². The number of hydrogen-bond acceptors (Lipinski definition) is 3. The van der Waals surface area contributed by atoms with Crippen LogP contribution in [0.4, 0.5) is 5.82 Å². The first-order valence-electron chi connectivity index (χ1n) is 9.69. The van der Waals surface area contributed by atoms with Gasteiger partial charge in [-0.1, -0.05) is 24.0 Å². The lowest BCUT2D eigenvalue weighted by Gasteiger charge is -2.07. The number of anilines is 1. The van der Waals surface area contributed by atoms with Crippen LogP contribution in [0.1, 0.15) is 43.9 Å². The molecule has 0 aliphatic rings. The third-order valence-corrected chi connectivity index (χ3v) is 4.41. The molecule has 2 heterocycles. The van der Waals surface area contributed by atoms with E-state index in [0.717, 1.165) is 27.9 Å². The van der Waals surface area contributed by atoms with Crippen molar-refractivity contribution in [3.8, 4) is 23.1 Å². The van der Waals surface area contributed by atoms with Gasteiger partial charge in [-0.05, 0) is 63.9 Å². The number of aryl methyl sites for hydroxylation is 1. The molecule has 2 aromatic heterocycles. The summed E-state index contributed by atoms with van der Waals surface area (Å²) >= 11 is 0. The molecule has 5 nitrogen and oxygen atoms in total. The van der Waals surface area contributed by atoms with Crippen LogP contribution in [-0.4, -0.2) is 21.1 Å². The molecule has 0 saturated carbocycles. The molecule has 0 radical (unpaired) electrons. The summed E-state index contributed by atoms with van der Waals surface area (Å²) in [6, 6.07) is 11.9. The van der Waals surface area contributed by atoms with Gasteiger partial charge in [0, 0.05) is 40.9 Å². The van der Waals surface area contributed by atoms with Crippen molar-refractivity contribution in [2.45, 2.75) is 40.5 Å². The molecule has 3 aromatic rings. The lowest BCUT2D eigenvalue weighted by Crippen LogP contribution is -2.13. The Morgan fingerprint density at radius 3 is 2.45 bits per heavy atom. The Balaban J connectivity index is 1.57. The van der Waals surface area contributed by atoms with Crippen molar-refractivity contribution in [2.75, 3.05) is 5.32 Å². The van der Waals surface area contributed by atoms with Crippen LogP contribution in [0, 0.1) is 24.2 Å². The lowest BCUT2D eigenvalue weighted by molar-refractivity contribution is -0.116. The zero-order chi connectivity index (χ0) is 20.9. The van der Waals surface area contributed by atoms with E-state index >= 15 is 0 Å². The van der Waals surface area contributed by atoms with Gasteiger partial charge < -0.3 is 5.32 Å². The molecule has 0 atom stereocenters. The number of rotatable bonds is 5. The van der Waals surface area contributed by atoms with E-state index < -0.39 is 0 Å². The summed E-state index contributed by atoms with van der Waals surface area (Å²) in [5.41, 5.74) is 4.86. The number of aromatic nitrogens is 3. The summed E-state index contributed by atoms with van der Waals surface area (Å²) in [7, 11) is 0. The predicted molar refractivity (Wildman–Crippen MR) is 116 cm³/mol. The highest BCUT2D eigenvalue weighted by Gasteiger charge is 2.13. The molecule has 1 aromatic carbocycles. The summed E-state index contributed by atoms with van der Waals surface area (Å²) in [6.07, 6.45) is 4.52. The number of nitrogens with one attached hydrogen (secondary N) is 2. The fraction of sp³-hybridized carbons (Fsp3) is 0.292. The van der Waals surface area contributed by atoms with Crippen molar-refractivity contribution in [3.05, 3.63) is 65.5 Å². The first-order valence-corrected chi connectivity index (χ1v) is 9.69. The van der Waals surface area contributed by atoms with Gasteiger partial charge in [-0.3, -0.25) is 14.9 Å². The fourth-order valence-electron chi connectivity index (χ4n) is 2.79. The molecule has 0 spiro atoms. The minimum atomic E-state index is -0.0579. The molecule has 5 heteroatoms. The number of hydrogen-bond donors (Lipinski definition) is 2. The van der Waals surface area contributed by atoms with Crippen molar-refractivity contribution in [3.63, 3.8) is 0 Å². The Kier molecular flexibility index (Phi) is 6.13. The summed E-state index contributed by atoms with van der Waals surface area (Å²) in [4.78, 5) is 16.4. The van der Waals surface area contributed by atoms with Gasteiger partial charge in [0.15, 0.2) is 5.82 Å². The second-order valence-electron chi connectivity index (χ2n) is 8.05. The number of H-pyrrole nitrogens is 1. The second kappa shape index (κ2) is 8.74. The largest absolute Gasteiger partial charge is 0.309 e. The Morgan fingerprint density at radius 2 is 1.79 bits per heavy atom. The zero-order valence-corrected chi connectivity index (χ0v) is 17.3. The number of aromatic amines is 1. The van der Waals surface area contributed by atoms with Crippen LogP contribution in [-0.2, 0) is 11.2 Å². The van der Waals surface area contributed by atoms with Gasteiger partial charge in [-0.25, -0.2) is 0 Å². The van der Waals surface area contributed by atoms with E-state index in [2.05, 4.69) is 53.1 Å². The monoisotopic (exact) mass is 386 g/mol. The standard InChI is InChI=1S/C24H26N4O/c1-17-22(20-12-15-25-16-13-20)27-28-23(17)26-21(29)10-9-18-5-7-19(8-6-18)11-14-24(2,3)4/h5-8,12-13,15-16H,9-10H2,1-4H3,(H2,26,27,28,29). The molecule has 29 heavy (non-hydrogen) atoms. The van der Waals surface area contributed by atoms with E-state index in [1.165, 1.54) is 0 Å². The maximum Gasteiger partial charge on any atom is 0.225 e. The highest BCUT2D eigenvalue weighted by Crippen LogP contribution is 2.25. The first-order chi connectivity index (χ1) is 13.8. The van der Waals surface area contributed by atoms with E-state index in [-0.39, 0.29) is 11.3 Å². The molecule has 3 rings (SSSR count). The average Bonchev–Trinajstić information content (AvgIpc) is 3.06. The van der Waals surface area contributed by atoms with Gasteiger partial charge in [-0.2, -0.15) is 5.10 Å². The zero-order valence-electron chi connectivity index (χ0n) is 17.3. The number of carbonyl (C=O) groups excluding carboxylic acids is 1. The van der Waals surface area contributed by atoms with Gasteiger partial charge in [0.25, 0.3) is 0 Å². The molecular formula is C24H26N4O. The summed E-state index contributed by atoms with van der Waals surface area (Å²) in [6.45, 7) is 8.21. The number of benzene rings is 1. The number of nitrogens with zero attached hydrogens (tertiary/aromatic N) is 2. The molecule has 1 amide bonds. The number of carbonyl (C=O) groups is 1. The maximum atomic E-state index is 12.4. The third kappa shape index (κ3) is 5.79. The number of amides is 1. The Hall–Kier alpha value is -3.39. The van der Waals surface area contributed by atoms with E-state index in [9.17, 15) is 4.79 Å². The molecule has 0 aliphatic heterocycles. The van der Waals surface area contributed by atoms with Gasteiger partial charge in [0.05, 0.1) is 5.69 Å². The Bertz CT molecular complexity index is 1030. The Labute approximate surface area is 172 Å². The molecule has 0 aliphatic carbocycles. The molecule has 0 bridgehead atoms. The minimum Gasteiger partial charge on any atom is -0.309 e. The highest BCUT2D eigenvalue weighted by molar-refractivity contribution is 5.91. The van der Waals surface area contributed by atoms with Crippen LogP contribution in [0.5, 0.6) is 0 Å². The molecule has 0 fully saturated rings. The fourth-order valence-corrected chi connectivity index (χ4v) is 2.79. The highest BCUT2D eigenvalue weighted by atomic mass is 16.1. The topological polar surface area (TPSA) is 70.7 Å². The maximum absolute atomic E-state index is 12.4. The smallest absolute Gasteiger partial charge is 0.225 e. The van der Waals surface area contributed by atoms with Gasteiger partial charge >= 0.3 is 0 Å². The second-order valence-corrected chi connectivity index (χ2v) is 8.05. The normalized spacial score (nSPS) is 10.9.